The van der Waals surface area contributed by atoms with E-state index >= 15 is 0 Å². The monoisotopic (exact) mass is 307 g/mol. The molecule has 0 bridgehead atoms. The SMILES string of the molecule is COC(=O)c1cnccc1CC(C)N1CCN(CCO)CC1. The summed E-state index contributed by atoms with van der Waals surface area (Å²) >= 11 is 0. The fourth-order valence-electron chi connectivity index (χ4n) is 2.91. The molecule has 0 saturated carbocycles. The van der Waals surface area contributed by atoms with Gasteiger partial charge in [-0.1, -0.05) is 0 Å². The van der Waals surface area contributed by atoms with Crippen molar-refractivity contribution in [2.75, 3.05) is 46.4 Å². The number of ether oxygens (including phenoxy) is 1. The van der Waals surface area contributed by atoms with Gasteiger partial charge in [0.2, 0.25) is 0 Å². The number of pyridine rings is 1. The maximum atomic E-state index is 11.8. The Balaban J connectivity index is 1.95. The second-order valence-corrected chi connectivity index (χ2v) is 5.68. The topological polar surface area (TPSA) is 65.9 Å². The number of aliphatic hydroxyl groups excluding tert-OH is 1. The van der Waals surface area contributed by atoms with E-state index in [9.17, 15) is 4.79 Å². The van der Waals surface area contributed by atoms with Gasteiger partial charge in [0.15, 0.2) is 0 Å². The van der Waals surface area contributed by atoms with Crippen LogP contribution in [0.1, 0.15) is 22.8 Å². The van der Waals surface area contributed by atoms with Crippen molar-refractivity contribution in [1.82, 2.24) is 14.8 Å². The van der Waals surface area contributed by atoms with Crippen molar-refractivity contribution in [3.63, 3.8) is 0 Å². The van der Waals surface area contributed by atoms with Gasteiger partial charge in [-0.3, -0.25) is 14.8 Å². The Morgan fingerprint density at radius 1 is 1.41 bits per heavy atom. The van der Waals surface area contributed by atoms with Gasteiger partial charge in [0, 0.05) is 51.2 Å². The number of piperazine rings is 1. The molecule has 122 valence electrons. The molecule has 1 aromatic heterocycles. The molecule has 0 aliphatic carbocycles. The van der Waals surface area contributed by atoms with Crippen LogP contribution in [0.4, 0.5) is 0 Å². The normalized spacial score (nSPS) is 18.1. The average Bonchev–Trinajstić information content (AvgIpc) is 2.55. The quantitative estimate of drug-likeness (QED) is 0.768. The second kappa shape index (κ2) is 8.22. The van der Waals surface area contributed by atoms with Gasteiger partial charge in [-0.15, -0.1) is 0 Å². The maximum Gasteiger partial charge on any atom is 0.339 e. The van der Waals surface area contributed by atoms with Crippen molar-refractivity contribution in [3.8, 4) is 0 Å². The summed E-state index contributed by atoms with van der Waals surface area (Å²) in [5, 5.41) is 8.99. The molecule has 0 spiro atoms. The number of hydrogen-bond donors (Lipinski definition) is 1. The number of methoxy groups -OCH3 is 1. The van der Waals surface area contributed by atoms with Gasteiger partial charge >= 0.3 is 5.97 Å². The molecule has 6 heteroatoms. The number of nitrogens with zero attached hydrogens (tertiary/aromatic N) is 3. The van der Waals surface area contributed by atoms with Gasteiger partial charge in [-0.25, -0.2) is 4.79 Å². The molecule has 0 aromatic carbocycles. The summed E-state index contributed by atoms with van der Waals surface area (Å²) in [7, 11) is 1.39. The number of esters is 1. The molecule has 1 fully saturated rings. The summed E-state index contributed by atoms with van der Waals surface area (Å²) in [5.74, 6) is -0.330. The summed E-state index contributed by atoms with van der Waals surface area (Å²) in [6.07, 6.45) is 4.09. The predicted molar refractivity (Wildman–Crippen MR) is 83.8 cm³/mol. The van der Waals surface area contributed by atoms with Crippen LogP contribution in [0.15, 0.2) is 18.5 Å². The first kappa shape index (κ1) is 16.9. The summed E-state index contributed by atoms with van der Waals surface area (Å²) in [6, 6.07) is 2.24. The van der Waals surface area contributed by atoms with Gasteiger partial charge in [0.1, 0.15) is 0 Å². The fraction of sp³-hybridized carbons (Fsp3) is 0.625. The zero-order valence-corrected chi connectivity index (χ0v) is 13.4. The zero-order valence-electron chi connectivity index (χ0n) is 13.4. The molecule has 0 radical (unpaired) electrons. The van der Waals surface area contributed by atoms with Gasteiger partial charge in [0.05, 0.1) is 19.3 Å². The average molecular weight is 307 g/mol. The van der Waals surface area contributed by atoms with Crippen LogP contribution in [0.2, 0.25) is 0 Å². The second-order valence-electron chi connectivity index (χ2n) is 5.68. The van der Waals surface area contributed by atoms with Gasteiger partial charge < -0.3 is 9.84 Å². The van der Waals surface area contributed by atoms with Crippen LogP contribution in [0.3, 0.4) is 0 Å². The van der Waals surface area contributed by atoms with Crippen LogP contribution in [0, 0.1) is 0 Å². The Kier molecular flexibility index (Phi) is 6.30. The summed E-state index contributed by atoms with van der Waals surface area (Å²) in [6.45, 7) is 7.08. The Morgan fingerprint density at radius 3 is 2.77 bits per heavy atom. The lowest BCUT2D eigenvalue weighted by Gasteiger charge is -2.38. The molecular weight excluding hydrogens is 282 g/mol. The van der Waals surface area contributed by atoms with Crippen molar-refractivity contribution in [1.29, 1.82) is 0 Å². The van der Waals surface area contributed by atoms with E-state index in [1.54, 1.807) is 12.4 Å². The highest BCUT2D eigenvalue weighted by molar-refractivity contribution is 5.90. The van der Waals surface area contributed by atoms with Crippen LogP contribution >= 0.6 is 0 Å². The summed E-state index contributed by atoms with van der Waals surface area (Å²) < 4.78 is 4.82. The zero-order chi connectivity index (χ0) is 15.9. The summed E-state index contributed by atoms with van der Waals surface area (Å²) in [4.78, 5) is 20.5. The van der Waals surface area contributed by atoms with E-state index in [0.29, 0.717) is 11.6 Å². The minimum absolute atomic E-state index is 0.217. The van der Waals surface area contributed by atoms with Crippen LogP contribution < -0.4 is 0 Å². The van der Waals surface area contributed by atoms with E-state index < -0.39 is 0 Å². The number of aliphatic hydroxyl groups is 1. The smallest absolute Gasteiger partial charge is 0.339 e. The fourth-order valence-corrected chi connectivity index (χ4v) is 2.91. The van der Waals surface area contributed by atoms with Gasteiger partial charge in [-0.2, -0.15) is 0 Å². The molecule has 1 aromatic rings. The van der Waals surface area contributed by atoms with Crippen LogP contribution in [0.25, 0.3) is 0 Å². The molecule has 6 nitrogen and oxygen atoms in total. The molecule has 1 aliphatic rings. The van der Waals surface area contributed by atoms with E-state index in [1.807, 2.05) is 6.07 Å². The van der Waals surface area contributed by atoms with E-state index in [-0.39, 0.29) is 12.6 Å². The lowest BCUT2D eigenvalue weighted by Crippen LogP contribution is -2.50. The van der Waals surface area contributed by atoms with E-state index in [4.69, 9.17) is 9.84 Å². The Morgan fingerprint density at radius 2 is 2.14 bits per heavy atom. The molecular formula is C16H25N3O3. The number of carbonyl (C=O) groups is 1. The van der Waals surface area contributed by atoms with Crippen LogP contribution in [0.5, 0.6) is 0 Å². The van der Waals surface area contributed by atoms with Crippen molar-refractivity contribution in [3.05, 3.63) is 29.6 Å². The first-order chi connectivity index (χ1) is 10.7. The molecule has 22 heavy (non-hydrogen) atoms. The van der Waals surface area contributed by atoms with Gasteiger partial charge in [0.25, 0.3) is 0 Å². The minimum Gasteiger partial charge on any atom is -0.465 e. The van der Waals surface area contributed by atoms with Crippen molar-refractivity contribution in [2.24, 2.45) is 0 Å². The van der Waals surface area contributed by atoms with Crippen LogP contribution in [-0.2, 0) is 11.2 Å². The first-order valence-corrected chi connectivity index (χ1v) is 7.74. The summed E-state index contributed by atoms with van der Waals surface area (Å²) in [5.41, 5.74) is 1.53. The third kappa shape index (κ3) is 4.25. The Bertz CT molecular complexity index is 487. The molecule has 1 N–H and O–H groups in total. The highest BCUT2D eigenvalue weighted by Gasteiger charge is 2.22. The lowest BCUT2D eigenvalue weighted by molar-refractivity contribution is 0.0597. The number of hydrogen-bond acceptors (Lipinski definition) is 6. The minimum atomic E-state index is -0.330. The number of aromatic nitrogens is 1. The predicted octanol–water partition coefficient (Wildman–Crippen LogP) is 0.409. The molecule has 1 unspecified atom stereocenters. The highest BCUT2D eigenvalue weighted by atomic mass is 16.5. The van der Waals surface area contributed by atoms with Crippen LogP contribution in [-0.4, -0.2) is 78.3 Å². The number of carbonyl (C=O) groups excluding carboxylic acids is 1. The molecule has 1 saturated heterocycles. The number of β-amino-alcohol motifs (C(OH)–C–C–N with tert-alkyl or cyclic N) is 1. The first-order valence-electron chi connectivity index (χ1n) is 7.74. The van der Waals surface area contributed by atoms with E-state index in [0.717, 1.165) is 44.7 Å². The standard InChI is InChI=1S/C16H25N3O3/c1-13(19-7-5-18(6-8-19)9-10-20)11-14-3-4-17-12-15(14)16(21)22-2/h3-4,12-13,20H,5-11H2,1-2H3. The highest BCUT2D eigenvalue weighted by Crippen LogP contribution is 2.15. The Labute approximate surface area is 131 Å². The lowest BCUT2D eigenvalue weighted by atomic mass is 10.0. The van der Waals surface area contributed by atoms with Crippen molar-refractivity contribution in [2.45, 2.75) is 19.4 Å². The number of rotatable bonds is 6. The molecule has 2 rings (SSSR count). The largest absolute Gasteiger partial charge is 0.465 e. The molecule has 2 heterocycles. The third-order valence-electron chi connectivity index (χ3n) is 4.28. The molecule has 1 aliphatic heterocycles. The third-order valence-corrected chi connectivity index (χ3v) is 4.28. The van der Waals surface area contributed by atoms with E-state index in [2.05, 4.69) is 21.7 Å². The molecule has 0 amide bonds. The maximum absolute atomic E-state index is 11.8. The van der Waals surface area contributed by atoms with Crippen molar-refractivity contribution < 1.29 is 14.6 Å². The Hall–Kier alpha value is -1.50. The van der Waals surface area contributed by atoms with Gasteiger partial charge in [-0.05, 0) is 25.0 Å². The van der Waals surface area contributed by atoms with Crippen molar-refractivity contribution >= 4 is 5.97 Å². The van der Waals surface area contributed by atoms with E-state index in [1.165, 1.54) is 7.11 Å². The molecule has 1 atom stereocenters.